The highest BCUT2D eigenvalue weighted by atomic mass is 16.6. The van der Waals surface area contributed by atoms with Gasteiger partial charge in [0.15, 0.2) is 22.6 Å². The fourth-order valence-corrected chi connectivity index (χ4v) is 7.96. The van der Waals surface area contributed by atoms with Crippen molar-refractivity contribution < 1.29 is 33.8 Å². The topological polar surface area (TPSA) is 107 Å². The van der Waals surface area contributed by atoms with Crippen molar-refractivity contribution in [2.24, 2.45) is 27.6 Å². The largest absolute Gasteiger partial charge is 0.468 e. The van der Waals surface area contributed by atoms with Crippen molar-refractivity contribution in [1.82, 2.24) is 0 Å². The molecule has 3 aliphatic carbocycles. The molecule has 4 aliphatic rings. The van der Waals surface area contributed by atoms with Crippen molar-refractivity contribution >= 4 is 23.5 Å². The summed E-state index contributed by atoms with van der Waals surface area (Å²) >= 11 is 0. The minimum atomic E-state index is -2.34. The van der Waals surface area contributed by atoms with Crippen molar-refractivity contribution in [3.8, 4) is 0 Å². The van der Waals surface area contributed by atoms with Gasteiger partial charge in [0.25, 0.3) is 0 Å². The van der Waals surface area contributed by atoms with Crippen LogP contribution in [0.4, 0.5) is 0 Å². The predicted molar refractivity (Wildman–Crippen MR) is 119 cm³/mol. The summed E-state index contributed by atoms with van der Waals surface area (Å²) in [5.41, 5.74) is -6.96. The van der Waals surface area contributed by atoms with E-state index >= 15 is 0 Å². The molecule has 2 saturated carbocycles. The number of hydrogen-bond donors (Lipinski definition) is 1. The third-order valence-corrected chi connectivity index (χ3v) is 9.56. The molecule has 1 heterocycles. The van der Waals surface area contributed by atoms with Gasteiger partial charge in [-0.1, -0.05) is 26.5 Å². The highest BCUT2D eigenvalue weighted by molar-refractivity contribution is 6.26. The van der Waals surface area contributed by atoms with E-state index in [1.807, 2.05) is 33.8 Å². The minimum Gasteiger partial charge on any atom is -0.468 e. The number of methoxy groups -OCH3 is 1. The number of aliphatic hydroxyl groups is 1. The Balaban J connectivity index is 2.08. The molecule has 0 aromatic heterocycles. The fourth-order valence-electron chi connectivity index (χ4n) is 7.96. The van der Waals surface area contributed by atoms with Crippen molar-refractivity contribution in [2.75, 3.05) is 7.11 Å². The molecule has 1 saturated heterocycles. The molecule has 2 bridgehead atoms. The van der Waals surface area contributed by atoms with Crippen LogP contribution in [-0.2, 0) is 28.7 Å². The van der Waals surface area contributed by atoms with Gasteiger partial charge < -0.3 is 14.6 Å². The number of fused-ring (bicyclic) bond motifs is 6. The number of Topliss-reactive ketones (excluding diaryl/α,β-unsaturated/α-hetero) is 2. The molecule has 0 amide bonds. The maximum atomic E-state index is 14.0. The zero-order valence-electron chi connectivity index (χ0n) is 20.6. The second-order valence-corrected chi connectivity index (χ2v) is 11.7. The molecule has 0 radical (unpaired) electrons. The van der Waals surface area contributed by atoms with Gasteiger partial charge in [0.1, 0.15) is 5.60 Å². The molecule has 0 spiro atoms. The highest BCUT2D eigenvalue weighted by Crippen LogP contribution is 2.74. The molecular weight excluding hydrogens is 424 g/mol. The third kappa shape index (κ3) is 2.44. The Kier molecular flexibility index (Phi) is 4.65. The summed E-state index contributed by atoms with van der Waals surface area (Å²) in [7, 11) is 1.21. The molecule has 0 unspecified atom stereocenters. The standard InChI is InChI=1S/C26H34O7/c1-14-23(5)13-16-22(4)11-10-17(27)33-21(2,3)15(22)9-12-24(16,6)26(14,20(30)32-8)19(29)25(7,31)18(23)28/h9,16,31H,1,10-13H2,2-8H3/t16-,22+,23+,24-,25-,26-/m1/s1. The van der Waals surface area contributed by atoms with Gasteiger partial charge in [0.05, 0.1) is 12.5 Å². The quantitative estimate of drug-likeness (QED) is 0.365. The van der Waals surface area contributed by atoms with Crippen LogP contribution in [0.5, 0.6) is 0 Å². The number of esters is 2. The molecule has 3 fully saturated rings. The molecular formula is C26H34O7. The van der Waals surface area contributed by atoms with E-state index in [9.17, 15) is 24.3 Å². The van der Waals surface area contributed by atoms with E-state index in [1.165, 1.54) is 14.0 Å². The molecule has 6 atom stereocenters. The van der Waals surface area contributed by atoms with Crippen LogP contribution in [0.15, 0.2) is 23.8 Å². The zero-order valence-corrected chi connectivity index (χ0v) is 20.6. The first-order chi connectivity index (χ1) is 15.0. The normalized spacial score (nSPS) is 46.4. The first kappa shape index (κ1) is 23.9. The number of rotatable bonds is 1. The van der Waals surface area contributed by atoms with Crippen LogP contribution >= 0.6 is 0 Å². The number of allylic oxidation sites excluding steroid dienone is 1. The molecule has 1 N–H and O–H groups in total. The Bertz CT molecular complexity index is 1040. The fraction of sp³-hybridized carbons (Fsp3) is 0.692. The van der Waals surface area contributed by atoms with Gasteiger partial charge in [-0.3, -0.25) is 19.2 Å². The Morgan fingerprint density at radius 3 is 2.30 bits per heavy atom. The van der Waals surface area contributed by atoms with E-state index in [0.717, 1.165) is 5.57 Å². The number of carbonyl (C=O) groups is 4. The van der Waals surface area contributed by atoms with Gasteiger partial charge in [-0.2, -0.15) is 0 Å². The average Bonchev–Trinajstić information content (AvgIpc) is 2.81. The molecule has 0 aromatic carbocycles. The molecule has 33 heavy (non-hydrogen) atoms. The van der Waals surface area contributed by atoms with Gasteiger partial charge in [0.2, 0.25) is 0 Å². The van der Waals surface area contributed by atoms with Crippen LogP contribution in [0, 0.1) is 27.6 Å². The van der Waals surface area contributed by atoms with E-state index in [-0.39, 0.29) is 23.9 Å². The van der Waals surface area contributed by atoms with E-state index in [1.54, 1.807) is 6.92 Å². The Hall–Kier alpha value is -2.28. The lowest BCUT2D eigenvalue weighted by molar-refractivity contribution is -0.201. The molecule has 4 rings (SSSR count). The van der Waals surface area contributed by atoms with Gasteiger partial charge in [-0.25, -0.2) is 0 Å². The number of carbonyl (C=O) groups excluding carboxylic acids is 4. The van der Waals surface area contributed by atoms with Crippen LogP contribution < -0.4 is 0 Å². The first-order valence-electron chi connectivity index (χ1n) is 11.5. The van der Waals surface area contributed by atoms with Gasteiger partial charge in [-0.15, -0.1) is 0 Å². The smallest absolute Gasteiger partial charge is 0.324 e. The summed E-state index contributed by atoms with van der Waals surface area (Å²) < 4.78 is 11.0. The SMILES string of the molecule is C=C1[C@]2(C)C[C@@H]3[C@@]4(C)CCC(=O)OC(C)(C)C4=CC[C@@]3(C)[C@@]1(C(=O)OC)C(=O)[C@](C)(O)C2=O. The average molecular weight is 459 g/mol. The lowest BCUT2D eigenvalue weighted by Gasteiger charge is -2.68. The highest BCUT2D eigenvalue weighted by Gasteiger charge is 2.80. The lowest BCUT2D eigenvalue weighted by Crippen LogP contribution is -2.76. The van der Waals surface area contributed by atoms with E-state index in [2.05, 4.69) is 6.58 Å². The summed E-state index contributed by atoms with van der Waals surface area (Å²) in [6.07, 6.45) is 3.23. The molecule has 7 nitrogen and oxygen atoms in total. The summed E-state index contributed by atoms with van der Waals surface area (Å²) in [5.74, 6) is -2.97. The van der Waals surface area contributed by atoms with Crippen LogP contribution in [0.3, 0.4) is 0 Å². The summed E-state index contributed by atoms with van der Waals surface area (Å²) in [5, 5.41) is 11.1. The van der Waals surface area contributed by atoms with Gasteiger partial charge in [-0.05, 0) is 69.4 Å². The van der Waals surface area contributed by atoms with E-state index < -0.39 is 50.4 Å². The maximum Gasteiger partial charge on any atom is 0.324 e. The summed E-state index contributed by atoms with van der Waals surface area (Å²) in [6.45, 7) is 14.6. The maximum absolute atomic E-state index is 14.0. The summed E-state index contributed by atoms with van der Waals surface area (Å²) in [6, 6.07) is 0. The zero-order chi connectivity index (χ0) is 25.0. The summed E-state index contributed by atoms with van der Waals surface area (Å²) in [4.78, 5) is 53.6. The van der Waals surface area contributed by atoms with Gasteiger partial charge in [0, 0.05) is 11.8 Å². The lowest BCUT2D eigenvalue weighted by atomic mass is 9.32. The monoisotopic (exact) mass is 458 g/mol. The van der Waals surface area contributed by atoms with Crippen molar-refractivity contribution in [1.29, 1.82) is 0 Å². The van der Waals surface area contributed by atoms with Crippen LogP contribution in [0.1, 0.15) is 67.2 Å². The van der Waals surface area contributed by atoms with Crippen LogP contribution in [0.25, 0.3) is 0 Å². The van der Waals surface area contributed by atoms with Crippen molar-refractivity contribution in [3.05, 3.63) is 23.8 Å². The Labute approximate surface area is 194 Å². The van der Waals surface area contributed by atoms with Crippen LogP contribution in [0.2, 0.25) is 0 Å². The minimum absolute atomic E-state index is 0.187. The van der Waals surface area contributed by atoms with E-state index in [0.29, 0.717) is 19.3 Å². The number of hydrogen-bond acceptors (Lipinski definition) is 7. The molecule has 7 heteroatoms. The first-order valence-corrected chi connectivity index (χ1v) is 11.5. The molecule has 180 valence electrons. The molecule has 0 aromatic rings. The Morgan fingerprint density at radius 1 is 1.12 bits per heavy atom. The number of ether oxygens (including phenoxy) is 2. The number of ketones is 2. The third-order valence-electron chi connectivity index (χ3n) is 9.56. The Morgan fingerprint density at radius 2 is 1.73 bits per heavy atom. The van der Waals surface area contributed by atoms with Crippen LogP contribution in [-0.4, -0.2) is 46.9 Å². The van der Waals surface area contributed by atoms with Gasteiger partial charge >= 0.3 is 11.9 Å². The molecule has 1 aliphatic heterocycles. The second-order valence-electron chi connectivity index (χ2n) is 11.7. The van der Waals surface area contributed by atoms with Crippen molar-refractivity contribution in [3.63, 3.8) is 0 Å². The van der Waals surface area contributed by atoms with E-state index in [4.69, 9.17) is 9.47 Å². The second kappa shape index (κ2) is 6.44. The number of cyclic esters (lactones) is 1. The van der Waals surface area contributed by atoms with Crippen molar-refractivity contribution in [2.45, 2.75) is 78.4 Å². The predicted octanol–water partition coefficient (Wildman–Crippen LogP) is 3.09.